The Morgan fingerprint density at radius 3 is 2.54 bits per heavy atom. The van der Waals surface area contributed by atoms with Crippen molar-refractivity contribution >= 4 is 29.3 Å². The second-order valence-corrected chi connectivity index (χ2v) is 6.65. The second-order valence-electron chi connectivity index (χ2n) is 6.25. The highest BCUT2D eigenvalue weighted by atomic mass is 35.5. The predicted molar refractivity (Wildman–Crippen MR) is 107 cm³/mol. The number of halogens is 1. The summed E-state index contributed by atoms with van der Waals surface area (Å²) in [5.41, 5.74) is 2.76. The average Bonchev–Trinajstić information content (AvgIpc) is 3.09. The fourth-order valence-electron chi connectivity index (χ4n) is 2.69. The third-order valence-corrected chi connectivity index (χ3v) is 4.34. The van der Waals surface area contributed by atoms with Crippen molar-refractivity contribution in [2.24, 2.45) is 0 Å². The molecule has 1 amide bonds. The Morgan fingerprint density at radius 2 is 1.77 bits per heavy atom. The maximum atomic E-state index is 12.2. The average molecular weight is 366 g/mol. The molecule has 2 aromatic carbocycles. The van der Waals surface area contributed by atoms with Crippen LogP contribution in [0.15, 0.2) is 71.2 Å². The van der Waals surface area contributed by atoms with Crippen molar-refractivity contribution in [1.29, 1.82) is 0 Å². The number of rotatable bonds is 5. The minimum atomic E-state index is -0.200. The fourth-order valence-corrected chi connectivity index (χ4v) is 2.92. The van der Waals surface area contributed by atoms with Crippen molar-refractivity contribution in [2.45, 2.75) is 19.8 Å². The van der Waals surface area contributed by atoms with Gasteiger partial charge < -0.3 is 9.73 Å². The first-order valence-corrected chi connectivity index (χ1v) is 8.85. The number of furan rings is 1. The van der Waals surface area contributed by atoms with Gasteiger partial charge in [0, 0.05) is 17.3 Å². The van der Waals surface area contributed by atoms with E-state index in [2.05, 4.69) is 19.2 Å². The number of amides is 1. The summed E-state index contributed by atoms with van der Waals surface area (Å²) in [5.74, 6) is 1.39. The van der Waals surface area contributed by atoms with E-state index < -0.39 is 0 Å². The minimum Gasteiger partial charge on any atom is -0.457 e. The molecule has 0 aliphatic carbocycles. The SMILES string of the molecule is CC(C)c1ccccc1NC(=O)/C=C/c1ccc(-c2ccccc2Cl)o1. The Morgan fingerprint density at radius 1 is 1.04 bits per heavy atom. The summed E-state index contributed by atoms with van der Waals surface area (Å²) in [6.07, 6.45) is 3.11. The van der Waals surface area contributed by atoms with Crippen LogP contribution in [-0.4, -0.2) is 5.91 Å². The first kappa shape index (κ1) is 18.0. The molecule has 0 aliphatic rings. The Balaban J connectivity index is 1.71. The van der Waals surface area contributed by atoms with Crippen LogP contribution in [0.4, 0.5) is 5.69 Å². The van der Waals surface area contributed by atoms with E-state index in [1.165, 1.54) is 6.08 Å². The van der Waals surface area contributed by atoms with E-state index in [9.17, 15) is 4.79 Å². The Bertz CT molecular complexity index is 941. The lowest BCUT2D eigenvalue weighted by atomic mass is 10.0. The molecular weight excluding hydrogens is 346 g/mol. The zero-order valence-electron chi connectivity index (χ0n) is 14.7. The van der Waals surface area contributed by atoms with Crippen molar-refractivity contribution in [2.75, 3.05) is 5.32 Å². The molecule has 26 heavy (non-hydrogen) atoms. The summed E-state index contributed by atoms with van der Waals surface area (Å²) in [6, 6.07) is 18.9. The van der Waals surface area contributed by atoms with Crippen LogP contribution in [0.3, 0.4) is 0 Å². The Labute approximate surface area is 158 Å². The molecule has 0 saturated carbocycles. The molecule has 4 heteroatoms. The van der Waals surface area contributed by atoms with Gasteiger partial charge in [0.2, 0.25) is 5.91 Å². The van der Waals surface area contributed by atoms with Crippen molar-refractivity contribution in [3.63, 3.8) is 0 Å². The summed E-state index contributed by atoms with van der Waals surface area (Å²) in [7, 11) is 0. The molecule has 1 N–H and O–H groups in total. The highest BCUT2D eigenvalue weighted by molar-refractivity contribution is 6.33. The number of anilines is 1. The molecule has 0 saturated heterocycles. The maximum Gasteiger partial charge on any atom is 0.248 e. The van der Waals surface area contributed by atoms with Crippen LogP contribution in [-0.2, 0) is 4.79 Å². The number of hydrogen-bond donors (Lipinski definition) is 1. The number of benzene rings is 2. The first-order valence-electron chi connectivity index (χ1n) is 8.47. The molecule has 3 aromatic rings. The lowest BCUT2D eigenvalue weighted by molar-refractivity contribution is -0.111. The quantitative estimate of drug-likeness (QED) is 0.533. The second kappa shape index (κ2) is 8.07. The van der Waals surface area contributed by atoms with Gasteiger partial charge in [0.25, 0.3) is 0 Å². The van der Waals surface area contributed by atoms with Crippen LogP contribution >= 0.6 is 11.6 Å². The highest BCUT2D eigenvalue weighted by Gasteiger charge is 2.09. The van der Waals surface area contributed by atoms with Crippen LogP contribution in [0.1, 0.15) is 31.1 Å². The molecule has 1 aromatic heterocycles. The molecule has 3 nitrogen and oxygen atoms in total. The standard InChI is InChI=1S/C22H20ClNO2/c1-15(2)17-7-4-6-10-20(17)24-22(25)14-12-16-11-13-21(26-16)18-8-3-5-9-19(18)23/h3-15H,1-2H3,(H,24,25)/b14-12+. The van der Waals surface area contributed by atoms with E-state index in [0.717, 1.165) is 16.8 Å². The van der Waals surface area contributed by atoms with Gasteiger partial charge in [0.1, 0.15) is 11.5 Å². The number of carbonyl (C=O) groups excluding carboxylic acids is 1. The van der Waals surface area contributed by atoms with Crippen LogP contribution in [0.5, 0.6) is 0 Å². The summed E-state index contributed by atoms with van der Waals surface area (Å²) in [4.78, 5) is 12.2. The highest BCUT2D eigenvalue weighted by Crippen LogP contribution is 2.29. The lowest BCUT2D eigenvalue weighted by Crippen LogP contribution is -2.10. The fraction of sp³-hybridized carbons (Fsp3) is 0.136. The zero-order chi connectivity index (χ0) is 18.5. The van der Waals surface area contributed by atoms with Gasteiger partial charge in [-0.2, -0.15) is 0 Å². The van der Waals surface area contributed by atoms with E-state index >= 15 is 0 Å². The van der Waals surface area contributed by atoms with Crippen molar-refractivity contribution in [3.8, 4) is 11.3 Å². The molecule has 0 atom stereocenters. The van der Waals surface area contributed by atoms with Crippen LogP contribution in [0.25, 0.3) is 17.4 Å². The smallest absolute Gasteiger partial charge is 0.248 e. The van der Waals surface area contributed by atoms with Gasteiger partial charge in [-0.1, -0.05) is 55.8 Å². The van der Waals surface area contributed by atoms with Gasteiger partial charge >= 0.3 is 0 Å². The lowest BCUT2D eigenvalue weighted by Gasteiger charge is -2.12. The van der Waals surface area contributed by atoms with E-state index in [4.69, 9.17) is 16.0 Å². The first-order chi connectivity index (χ1) is 12.5. The zero-order valence-corrected chi connectivity index (χ0v) is 15.5. The summed E-state index contributed by atoms with van der Waals surface area (Å²) in [5, 5.41) is 3.55. The topological polar surface area (TPSA) is 42.2 Å². The number of hydrogen-bond acceptors (Lipinski definition) is 2. The van der Waals surface area contributed by atoms with Gasteiger partial charge in [-0.3, -0.25) is 4.79 Å². The molecule has 132 valence electrons. The van der Waals surface area contributed by atoms with Crippen molar-refractivity contribution in [1.82, 2.24) is 0 Å². The van der Waals surface area contributed by atoms with Gasteiger partial charge in [-0.25, -0.2) is 0 Å². The largest absolute Gasteiger partial charge is 0.457 e. The van der Waals surface area contributed by atoms with Crippen LogP contribution in [0.2, 0.25) is 5.02 Å². The van der Waals surface area contributed by atoms with Crippen molar-refractivity contribution < 1.29 is 9.21 Å². The molecule has 3 rings (SSSR count). The minimum absolute atomic E-state index is 0.200. The van der Waals surface area contributed by atoms with Crippen molar-refractivity contribution in [3.05, 3.63) is 83.1 Å². The van der Waals surface area contributed by atoms with Crippen LogP contribution < -0.4 is 5.32 Å². The Kier molecular flexibility index (Phi) is 5.59. The molecule has 0 aliphatic heterocycles. The summed E-state index contributed by atoms with van der Waals surface area (Å²) >= 11 is 6.18. The molecule has 0 fully saturated rings. The van der Waals surface area contributed by atoms with E-state index in [-0.39, 0.29) is 5.91 Å². The molecule has 0 radical (unpaired) electrons. The van der Waals surface area contributed by atoms with Crippen LogP contribution in [0, 0.1) is 0 Å². The van der Waals surface area contributed by atoms with E-state index in [1.54, 1.807) is 6.08 Å². The predicted octanol–water partition coefficient (Wildman–Crippen LogP) is 6.38. The molecular formula is C22H20ClNO2. The third-order valence-electron chi connectivity index (χ3n) is 4.01. The normalized spacial score (nSPS) is 11.2. The monoisotopic (exact) mass is 365 g/mol. The van der Waals surface area contributed by atoms with E-state index in [0.29, 0.717) is 22.5 Å². The maximum absolute atomic E-state index is 12.2. The number of carbonyl (C=O) groups is 1. The molecule has 0 bridgehead atoms. The van der Waals surface area contributed by atoms with Gasteiger partial charge in [0.05, 0.1) is 5.02 Å². The van der Waals surface area contributed by atoms with E-state index in [1.807, 2.05) is 60.7 Å². The molecule has 1 heterocycles. The van der Waals surface area contributed by atoms with Gasteiger partial charge in [-0.05, 0) is 47.9 Å². The Hall–Kier alpha value is -2.78. The summed E-state index contributed by atoms with van der Waals surface area (Å²) in [6.45, 7) is 4.19. The van der Waals surface area contributed by atoms with Gasteiger partial charge in [0.15, 0.2) is 0 Å². The number of para-hydroxylation sites is 1. The molecule has 0 unspecified atom stereocenters. The third kappa shape index (κ3) is 4.24. The van der Waals surface area contributed by atoms with Gasteiger partial charge in [-0.15, -0.1) is 0 Å². The molecule has 0 spiro atoms. The number of nitrogens with one attached hydrogen (secondary N) is 1. The summed E-state index contributed by atoms with van der Waals surface area (Å²) < 4.78 is 5.76.